The van der Waals surface area contributed by atoms with Crippen LogP contribution in [-0.2, 0) is 4.79 Å². The normalized spacial score (nSPS) is 11.8. The number of nitrogens with zero attached hydrogens (tertiary/aromatic N) is 5. The zero-order chi connectivity index (χ0) is 27.1. The Hall–Kier alpha value is -4.99. The van der Waals surface area contributed by atoms with Crippen LogP contribution >= 0.6 is 0 Å². The minimum absolute atomic E-state index is 0.0739. The van der Waals surface area contributed by atoms with Crippen LogP contribution in [0.1, 0.15) is 27.2 Å². The second-order valence-corrected chi connectivity index (χ2v) is 10.5. The standard InChI is InChI=1S/C29H25FN8O/c1-29(2,3)13-23(39)33-17-12-16(14-31-15-17)21-8-9-22-25(34-21)26(38-37-22)28-35-24-19(10-11-32-27(24)36-28)18-6-4-5-7-20(18)30/h4-12,14-15H,13H2,1-3H3,(H,33,39)(H,37,38)(H,32,35,36). The second kappa shape index (κ2) is 9.39. The predicted octanol–water partition coefficient (Wildman–Crippen LogP) is 6.14. The molecule has 0 atom stereocenters. The molecule has 194 valence electrons. The number of rotatable bonds is 5. The van der Waals surface area contributed by atoms with Gasteiger partial charge < -0.3 is 10.3 Å². The number of hydrogen-bond donors (Lipinski definition) is 3. The number of nitrogens with one attached hydrogen (secondary N) is 3. The molecule has 0 aliphatic carbocycles. The molecule has 1 aromatic carbocycles. The van der Waals surface area contributed by atoms with Crippen LogP contribution in [0.4, 0.5) is 10.1 Å². The Morgan fingerprint density at radius 2 is 1.87 bits per heavy atom. The molecule has 0 fully saturated rings. The number of aromatic amines is 2. The molecule has 0 bridgehead atoms. The lowest BCUT2D eigenvalue weighted by Crippen LogP contribution is -2.19. The number of H-pyrrole nitrogens is 2. The molecular formula is C29H25FN8O. The van der Waals surface area contributed by atoms with Crippen molar-refractivity contribution in [2.24, 2.45) is 5.41 Å². The molecule has 0 aliphatic rings. The topological polar surface area (TPSA) is 125 Å². The first-order valence-electron chi connectivity index (χ1n) is 12.5. The van der Waals surface area contributed by atoms with Crippen molar-refractivity contribution in [3.8, 4) is 33.9 Å². The Labute approximate surface area is 223 Å². The quantitative estimate of drug-likeness (QED) is 0.251. The fourth-order valence-electron chi connectivity index (χ4n) is 4.49. The molecule has 3 N–H and O–H groups in total. The van der Waals surface area contributed by atoms with Gasteiger partial charge in [0.15, 0.2) is 17.2 Å². The summed E-state index contributed by atoms with van der Waals surface area (Å²) in [5, 5.41) is 10.4. The smallest absolute Gasteiger partial charge is 0.224 e. The summed E-state index contributed by atoms with van der Waals surface area (Å²) in [7, 11) is 0. The number of halogens is 1. The molecule has 0 unspecified atom stereocenters. The molecular weight excluding hydrogens is 495 g/mol. The lowest BCUT2D eigenvalue weighted by molar-refractivity contribution is -0.117. The van der Waals surface area contributed by atoms with E-state index in [1.54, 1.807) is 42.9 Å². The third-order valence-electron chi connectivity index (χ3n) is 6.20. The summed E-state index contributed by atoms with van der Waals surface area (Å²) in [6, 6.07) is 13.9. The highest BCUT2D eigenvalue weighted by Gasteiger charge is 2.19. The first-order valence-corrected chi connectivity index (χ1v) is 12.5. The van der Waals surface area contributed by atoms with E-state index in [2.05, 4.69) is 35.5 Å². The zero-order valence-electron chi connectivity index (χ0n) is 21.6. The van der Waals surface area contributed by atoms with E-state index >= 15 is 0 Å². The van der Waals surface area contributed by atoms with Gasteiger partial charge >= 0.3 is 0 Å². The SMILES string of the molecule is CC(C)(C)CC(=O)Nc1cncc(-c2ccc3[nH]nc(-c4nc5nccc(-c6ccccc6F)c5[nH]4)c3n2)c1. The number of imidazole rings is 1. The van der Waals surface area contributed by atoms with Gasteiger partial charge in [0, 0.05) is 35.5 Å². The number of carbonyl (C=O) groups is 1. The van der Waals surface area contributed by atoms with E-state index in [0.717, 1.165) is 11.1 Å². The van der Waals surface area contributed by atoms with Crippen LogP contribution in [0, 0.1) is 11.2 Å². The van der Waals surface area contributed by atoms with Crippen LogP contribution in [0.5, 0.6) is 0 Å². The van der Waals surface area contributed by atoms with Crippen molar-refractivity contribution in [3.05, 3.63) is 72.9 Å². The first-order chi connectivity index (χ1) is 18.7. The molecule has 9 nitrogen and oxygen atoms in total. The molecule has 1 amide bonds. The van der Waals surface area contributed by atoms with E-state index in [9.17, 15) is 9.18 Å². The van der Waals surface area contributed by atoms with Gasteiger partial charge in [0.1, 0.15) is 11.3 Å². The summed E-state index contributed by atoms with van der Waals surface area (Å²) < 4.78 is 14.6. The largest absolute Gasteiger partial charge is 0.335 e. The van der Waals surface area contributed by atoms with Crippen LogP contribution in [0.15, 0.2) is 67.1 Å². The van der Waals surface area contributed by atoms with Gasteiger partial charge in [-0.2, -0.15) is 5.10 Å². The van der Waals surface area contributed by atoms with Gasteiger partial charge in [-0.1, -0.05) is 39.0 Å². The Morgan fingerprint density at radius 3 is 2.69 bits per heavy atom. The molecule has 5 aromatic heterocycles. The highest BCUT2D eigenvalue weighted by Crippen LogP contribution is 2.32. The molecule has 0 spiro atoms. The first kappa shape index (κ1) is 24.4. The van der Waals surface area contributed by atoms with Crippen LogP contribution in [-0.4, -0.2) is 41.0 Å². The van der Waals surface area contributed by atoms with Crippen LogP contribution < -0.4 is 5.32 Å². The number of aromatic nitrogens is 7. The summed E-state index contributed by atoms with van der Waals surface area (Å²) in [4.78, 5) is 33.8. The minimum Gasteiger partial charge on any atom is -0.335 e. The molecule has 0 radical (unpaired) electrons. The van der Waals surface area contributed by atoms with Gasteiger partial charge in [-0.3, -0.25) is 14.9 Å². The molecule has 0 aliphatic heterocycles. The molecule has 10 heteroatoms. The number of pyridine rings is 3. The average Bonchev–Trinajstić information content (AvgIpc) is 3.51. The van der Waals surface area contributed by atoms with Gasteiger partial charge in [-0.15, -0.1) is 0 Å². The van der Waals surface area contributed by atoms with E-state index in [1.165, 1.54) is 6.07 Å². The number of anilines is 1. The third kappa shape index (κ3) is 4.84. The summed E-state index contributed by atoms with van der Waals surface area (Å²) in [6.07, 6.45) is 5.30. The maximum absolute atomic E-state index is 14.6. The van der Waals surface area contributed by atoms with Crippen molar-refractivity contribution < 1.29 is 9.18 Å². The van der Waals surface area contributed by atoms with Crippen LogP contribution in [0.25, 0.3) is 56.1 Å². The van der Waals surface area contributed by atoms with E-state index in [1.807, 2.05) is 39.0 Å². The van der Waals surface area contributed by atoms with E-state index in [4.69, 9.17) is 4.98 Å². The summed E-state index contributed by atoms with van der Waals surface area (Å²) in [5.41, 5.74) is 5.86. The van der Waals surface area contributed by atoms with Gasteiger partial charge in [-0.05, 0) is 35.7 Å². The Bertz CT molecular complexity index is 1850. The molecule has 0 saturated heterocycles. The lowest BCUT2D eigenvalue weighted by Gasteiger charge is -2.17. The van der Waals surface area contributed by atoms with Gasteiger partial charge in [0.25, 0.3) is 0 Å². The second-order valence-electron chi connectivity index (χ2n) is 10.5. The lowest BCUT2D eigenvalue weighted by atomic mass is 9.92. The number of fused-ring (bicyclic) bond motifs is 2. The van der Waals surface area contributed by atoms with E-state index < -0.39 is 0 Å². The fraction of sp³-hybridized carbons (Fsp3) is 0.172. The Morgan fingerprint density at radius 1 is 1.03 bits per heavy atom. The predicted molar refractivity (Wildman–Crippen MR) is 148 cm³/mol. The van der Waals surface area contributed by atoms with Crippen molar-refractivity contribution in [3.63, 3.8) is 0 Å². The summed E-state index contributed by atoms with van der Waals surface area (Å²) in [6.45, 7) is 6.05. The average molecular weight is 521 g/mol. The molecule has 6 aromatic rings. The van der Waals surface area contributed by atoms with E-state index in [-0.39, 0.29) is 17.1 Å². The number of hydrogen-bond acceptors (Lipinski definition) is 6. The number of benzene rings is 1. The van der Waals surface area contributed by atoms with Crippen molar-refractivity contribution in [1.82, 2.24) is 35.1 Å². The highest BCUT2D eigenvalue weighted by atomic mass is 19.1. The van der Waals surface area contributed by atoms with Crippen molar-refractivity contribution >= 4 is 33.8 Å². The third-order valence-corrected chi connectivity index (χ3v) is 6.20. The van der Waals surface area contributed by atoms with Crippen LogP contribution in [0.2, 0.25) is 0 Å². The molecule has 0 saturated carbocycles. The zero-order valence-corrected chi connectivity index (χ0v) is 21.6. The van der Waals surface area contributed by atoms with Gasteiger partial charge in [-0.25, -0.2) is 19.3 Å². The monoisotopic (exact) mass is 520 g/mol. The highest BCUT2D eigenvalue weighted by molar-refractivity contribution is 5.95. The van der Waals surface area contributed by atoms with Gasteiger partial charge in [0.05, 0.1) is 28.6 Å². The summed E-state index contributed by atoms with van der Waals surface area (Å²) in [5.74, 6) is 0.0526. The van der Waals surface area contributed by atoms with Crippen molar-refractivity contribution in [2.45, 2.75) is 27.2 Å². The van der Waals surface area contributed by atoms with Crippen molar-refractivity contribution in [2.75, 3.05) is 5.32 Å². The maximum Gasteiger partial charge on any atom is 0.224 e. The summed E-state index contributed by atoms with van der Waals surface area (Å²) >= 11 is 0. The Kier molecular flexibility index (Phi) is 5.86. The molecule has 39 heavy (non-hydrogen) atoms. The van der Waals surface area contributed by atoms with E-state index in [0.29, 0.717) is 57.1 Å². The maximum atomic E-state index is 14.6. The van der Waals surface area contributed by atoms with Gasteiger partial charge in [0.2, 0.25) is 5.91 Å². The minimum atomic E-state index is -0.330. The molecule has 6 rings (SSSR count). The molecule has 5 heterocycles. The van der Waals surface area contributed by atoms with Crippen molar-refractivity contribution in [1.29, 1.82) is 0 Å². The fourth-order valence-corrected chi connectivity index (χ4v) is 4.49. The number of carbonyl (C=O) groups excluding carboxylic acids is 1. The number of amides is 1. The van der Waals surface area contributed by atoms with Crippen LogP contribution in [0.3, 0.4) is 0 Å². The Balaban J connectivity index is 1.37.